The average molecular weight is 248 g/mol. The lowest BCUT2D eigenvalue weighted by atomic mass is 10.1. The Morgan fingerprint density at radius 3 is 3.00 bits per heavy atom. The predicted molar refractivity (Wildman–Crippen MR) is 70.9 cm³/mol. The van der Waals surface area contributed by atoms with Crippen molar-refractivity contribution in [1.82, 2.24) is 10.2 Å². The standard InChI is InChI=1S/C14H20N2O2/c1-11-3-4-13(18-2)12(9-11)5-7-16-8-6-15-10-14(16)17/h3-4,9,15H,5-8,10H2,1-2H3. The third-order valence-electron chi connectivity index (χ3n) is 3.27. The average Bonchev–Trinajstić information content (AvgIpc) is 2.38. The third-order valence-corrected chi connectivity index (χ3v) is 3.27. The second-order valence-corrected chi connectivity index (χ2v) is 4.62. The molecule has 4 heteroatoms. The molecular formula is C14H20N2O2. The van der Waals surface area contributed by atoms with Crippen molar-refractivity contribution in [3.63, 3.8) is 0 Å². The van der Waals surface area contributed by atoms with E-state index in [0.29, 0.717) is 6.54 Å². The van der Waals surface area contributed by atoms with E-state index in [1.807, 2.05) is 17.0 Å². The van der Waals surface area contributed by atoms with Crippen molar-refractivity contribution in [2.45, 2.75) is 13.3 Å². The van der Waals surface area contributed by atoms with Crippen LogP contribution in [0.25, 0.3) is 0 Å². The Balaban J connectivity index is 2.00. The van der Waals surface area contributed by atoms with Gasteiger partial charge in [-0.25, -0.2) is 0 Å². The number of piperazine rings is 1. The van der Waals surface area contributed by atoms with E-state index >= 15 is 0 Å². The maximum absolute atomic E-state index is 11.7. The Morgan fingerprint density at radius 2 is 2.28 bits per heavy atom. The molecule has 1 fully saturated rings. The van der Waals surface area contributed by atoms with Crippen LogP contribution in [0.1, 0.15) is 11.1 Å². The molecule has 0 spiro atoms. The summed E-state index contributed by atoms with van der Waals surface area (Å²) < 4.78 is 5.35. The highest BCUT2D eigenvalue weighted by molar-refractivity contribution is 5.79. The molecule has 1 aromatic rings. The van der Waals surface area contributed by atoms with Gasteiger partial charge >= 0.3 is 0 Å². The van der Waals surface area contributed by atoms with E-state index in [-0.39, 0.29) is 5.91 Å². The van der Waals surface area contributed by atoms with Gasteiger partial charge in [-0.05, 0) is 25.0 Å². The van der Waals surface area contributed by atoms with Crippen LogP contribution in [0, 0.1) is 6.92 Å². The molecule has 0 aliphatic carbocycles. The van der Waals surface area contributed by atoms with Crippen LogP contribution in [0.4, 0.5) is 0 Å². The van der Waals surface area contributed by atoms with Crippen molar-refractivity contribution < 1.29 is 9.53 Å². The summed E-state index contributed by atoms with van der Waals surface area (Å²) in [5.41, 5.74) is 2.39. The van der Waals surface area contributed by atoms with Gasteiger partial charge in [0.15, 0.2) is 0 Å². The molecular weight excluding hydrogens is 228 g/mol. The maximum atomic E-state index is 11.7. The summed E-state index contributed by atoms with van der Waals surface area (Å²) in [5, 5.41) is 3.08. The maximum Gasteiger partial charge on any atom is 0.236 e. The highest BCUT2D eigenvalue weighted by Gasteiger charge is 2.17. The van der Waals surface area contributed by atoms with Crippen molar-refractivity contribution in [1.29, 1.82) is 0 Å². The smallest absolute Gasteiger partial charge is 0.236 e. The molecule has 98 valence electrons. The van der Waals surface area contributed by atoms with Gasteiger partial charge in [-0.1, -0.05) is 17.7 Å². The fourth-order valence-corrected chi connectivity index (χ4v) is 2.24. The molecule has 1 aliphatic heterocycles. The molecule has 0 saturated carbocycles. The number of rotatable bonds is 4. The molecule has 4 nitrogen and oxygen atoms in total. The summed E-state index contributed by atoms with van der Waals surface area (Å²) in [5.74, 6) is 1.09. The van der Waals surface area contributed by atoms with Gasteiger partial charge in [0.2, 0.25) is 5.91 Å². The van der Waals surface area contributed by atoms with Gasteiger partial charge in [-0.3, -0.25) is 4.79 Å². The van der Waals surface area contributed by atoms with Gasteiger partial charge in [0.05, 0.1) is 13.7 Å². The van der Waals surface area contributed by atoms with E-state index < -0.39 is 0 Å². The Bertz CT molecular complexity index is 432. The third kappa shape index (κ3) is 3.01. The summed E-state index contributed by atoms with van der Waals surface area (Å²) in [7, 11) is 1.68. The van der Waals surface area contributed by atoms with Crippen molar-refractivity contribution in [3.8, 4) is 5.75 Å². The van der Waals surface area contributed by atoms with Crippen LogP contribution in [-0.2, 0) is 11.2 Å². The molecule has 0 bridgehead atoms. The molecule has 18 heavy (non-hydrogen) atoms. The van der Waals surface area contributed by atoms with Crippen molar-refractivity contribution in [3.05, 3.63) is 29.3 Å². The van der Waals surface area contributed by atoms with Crippen LogP contribution in [-0.4, -0.2) is 44.1 Å². The van der Waals surface area contributed by atoms with E-state index in [1.54, 1.807) is 7.11 Å². The summed E-state index contributed by atoms with van der Waals surface area (Å²) in [4.78, 5) is 13.6. The first-order chi connectivity index (χ1) is 8.70. The van der Waals surface area contributed by atoms with Crippen molar-refractivity contribution in [2.75, 3.05) is 33.3 Å². The lowest BCUT2D eigenvalue weighted by molar-refractivity contribution is -0.131. The number of hydrogen-bond acceptors (Lipinski definition) is 3. The van der Waals surface area contributed by atoms with Crippen LogP contribution in [0.3, 0.4) is 0 Å². The van der Waals surface area contributed by atoms with Crippen LogP contribution in [0.15, 0.2) is 18.2 Å². The van der Waals surface area contributed by atoms with Gasteiger partial charge in [0, 0.05) is 19.6 Å². The molecule has 1 heterocycles. The molecule has 2 rings (SSSR count). The van der Waals surface area contributed by atoms with E-state index in [4.69, 9.17) is 4.74 Å². The number of methoxy groups -OCH3 is 1. The largest absolute Gasteiger partial charge is 0.496 e. The fourth-order valence-electron chi connectivity index (χ4n) is 2.24. The minimum atomic E-state index is 0.188. The SMILES string of the molecule is COc1ccc(C)cc1CCN1CCNCC1=O. The first kappa shape index (κ1) is 12.9. The second kappa shape index (κ2) is 5.87. The monoisotopic (exact) mass is 248 g/mol. The summed E-state index contributed by atoms with van der Waals surface area (Å²) in [6, 6.07) is 6.16. The molecule has 1 aliphatic rings. The van der Waals surface area contributed by atoms with Gasteiger partial charge in [0.1, 0.15) is 5.75 Å². The summed E-state index contributed by atoms with van der Waals surface area (Å²) >= 11 is 0. The van der Waals surface area contributed by atoms with Crippen LogP contribution >= 0.6 is 0 Å². The lowest BCUT2D eigenvalue weighted by Crippen LogP contribution is -2.48. The zero-order valence-electron chi connectivity index (χ0n) is 11.0. The first-order valence-corrected chi connectivity index (χ1v) is 6.32. The van der Waals surface area contributed by atoms with E-state index in [1.165, 1.54) is 11.1 Å². The number of amides is 1. The van der Waals surface area contributed by atoms with Gasteiger partial charge < -0.3 is 15.0 Å². The van der Waals surface area contributed by atoms with Crippen molar-refractivity contribution in [2.24, 2.45) is 0 Å². The quantitative estimate of drug-likeness (QED) is 0.863. The molecule has 1 saturated heterocycles. The molecule has 0 aromatic heterocycles. The summed E-state index contributed by atoms with van der Waals surface area (Å²) in [6.45, 7) is 4.98. The van der Waals surface area contributed by atoms with Gasteiger partial charge in [-0.15, -0.1) is 0 Å². The predicted octanol–water partition coefficient (Wildman–Crippen LogP) is 0.978. The fraction of sp³-hybridized carbons (Fsp3) is 0.500. The van der Waals surface area contributed by atoms with Crippen LogP contribution in [0.5, 0.6) is 5.75 Å². The van der Waals surface area contributed by atoms with Gasteiger partial charge in [0.25, 0.3) is 0 Å². The number of hydrogen-bond donors (Lipinski definition) is 1. The zero-order chi connectivity index (χ0) is 13.0. The molecule has 0 atom stereocenters. The number of ether oxygens (including phenoxy) is 1. The molecule has 1 aromatic carbocycles. The Morgan fingerprint density at radius 1 is 1.44 bits per heavy atom. The highest BCUT2D eigenvalue weighted by Crippen LogP contribution is 2.20. The second-order valence-electron chi connectivity index (χ2n) is 4.62. The van der Waals surface area contributed by atoms with E-state index in [2.05, 4.69) is 18.3 Å². The van der Waals surface area contributed by atoms with Crippen molar-refractivity contribution >= 4 is 5.91 Å². The number of benzene rings is 1. The molecule has 0 radical (unpaired) electrons. The lowest BCUT2D eigenvalue weighted by Gasteiger charge is -2.27. The Labute approximate surface area is 108 Å². The Hall–Kier alpha value is -1.55. The number of carbonyl (C=O) groups excluding carboxylic acids is 1. The zero-order valence-corrected chi connectivity index (χ0v) is 11.0. The van der Waals surface area contributed by atoms with E-state index in [9.17, 15) is 4.79 Å². The van der Waals surface area contributed by atoms with E-state index in [0.717, 1.165) is 31.8 Å². The molecule has 1 N–H and O–H groups in total. The summed E-state index contributed by atoms with van der Waals surface area (Å²) in [6.07, 6.45) is 0.844. The molecule has 1 amide bonds. The highest BCUT2D eigenvalue weighted by atomic mass is 16.5. The number of nitrogens with one attached hydrogen (secondary N) is 1. The number of carbonyl (C=O) groups is 1. The van der Waals surface area contributed by atoms with Crippen LogP contribution in [0.2, 0.25) is 0 Å². The minimum Gasteiger partial charge on any atom is -0.496 e. The Kier molecular flexibility index (Phi) is 4.20. The normalized spacial score (nSPS) is 15.9. The number of nitrogens with zero attached hydrogens (tertiary/aromatic N) is 1. The van der Waals surface area contributed by atoms with Crippen LogP contribution < -0.4 is 10.1 Å². The van der Waals surface area contributed by atoms with Gasteiger partial charge in [-0.2, -0.15) is 0 Å². The minimum absolute atomic E-state index is 0.188. The topological polar surface area (TPSA) is 41.6 Å². The molecule has 0 unspecified atom stereocenters. The first-order valence-electron chi connectivity index (χ1n) is 6.32. The number of aryl methyl sites for hydroxylation is 1.